The zero-order valence-electron chi connectivity index (χ0n) is 3.63. The number of nitrogens with zero attached hydrogens (tertiary/aromatic N) is 1. The molecular weight excluding hydrogens is 201 g/mol. The molecule has 0 fully saturated rings. The monoisotopic (exact) mass is 205 g/mol. The fourth-order valence-electron chi connectivity index (χ4n) is 0.277. The molecule has 36 valence electrons. The van der Waals surface area contributed by atoms with Crippen LogP contribution in [0.2, 0.25) is 0 Å². The van der Waals surface area contributed by atoms with Crippen LogP contribution in [0, 0.1) is 6.20 Å². The number of rotatable bonds is 0. The zero-order valence-corrected chi connectivity index (χ0v) is 5.79. The van der Waals surface area contributed by atoms with Crippen molar-refractivity contribution in [2.45, 2.75) is 0 Å². The van der Waals surface area contributed by atoms with Crippen LogP contribution in [0.15, 0.2) is 23.2 Å². The number of halogens is 1. The van der Waals surface area contributed by atoms with Crippen molar-refractivity contribution < 1.29 is 24.0 Å². The van der Waals surface area contributed by atoms with E-state index in [2.05, 4.69) is 11.2 Å². The highest BCUT2D eigenvalue weighted by atomic mass is 127. The molecule has 0 aromatic carbocycles. The second-order valence-electron chi connectivity index (χ2n) is 0.959. The van der Waals surface area contributed by atoms with Gasteiger partial charge in [0.2, 0.25) is 0 Å². The summed E-state index contributed by atoms with van der Waals surface area (Å²) in [7, 11) is 0. The van der Waals surface area contributed by atoms with Gasteiger partial charge < -0.3 is 24.0 Å². The SMILES string of the molecule is [C+]1=CC=CC=N1.[I-]. The Balaban J connectivity index is 0.000000360. The van der Waals surface area contributed by atoms with Gasteiger partial charge in [0.1, 0.15) is 12.3 Å². The van der Waals surface area contributed by atoms with Gasteiger partial charge in [0.05, 0.1) is 12.2 Å². The van der Waals surface area contributed by atoms with Crippen LogP contribution in [0.3, 0.4) is 0 Å². The van der Waals surface area contributed by atoms with Crippen molar-refractivity contribution in [1.82, 2.24) is 0 Å². The van der Waals surface area contributed by atoms with E-state index in [1.807, 2.05) is 12.2 Å². The summed E-state index contributed by atoms with van der Waals surface area (Å²) >= 11 is 0. The van der Waals surface area contributed by atoms with E-state index in [0.717, 1.165) is 0 Å². The largest absolute Gasteiger partial charge is 1.00 e. The minimum Gasteiger partial charge on any atom is -1.00 e. The zero-order chi connectivity index (χ0) is 4.24. The lowest BCUT2D eigenvalue weighted by Crippen LogP contribution is -3.00. The molecule has 0 bridgehead atoms. The van der Waals surface area contributed by atoms with Crippen LogP contribution in [0.1, 0.15) is 0 Å². The summed E-state index contributed by atoms with van der Waals surface area (Å²) in [5.74, 6) is 0. The predicted octanol–water partition coefficient (Wildman–Crippen LogP) is -2.05. The minimum absolute atomic E-state index is 0. The molecule has 1 rings (SSSR count). The van der Waals surface area contributed by atoms with Gasteiger partial charge in [-0.2, -0.15) is 0 Å². The van der Waals surface area contributed by atoms with Crippen LogP contribution in [0.25, 0.3) is 0 Å². The molecule has 0 saturated carbocycles. The molecule has 0 unspecified atom stereocenters. The van der Waals surface area contributed by atoms with Crippen molar-refractivity contribution in [3.63, 3.8) is 0 Å². The molecular formula is C5H4IN. The van der Waals surface area contributed by atoms with Crippen LogP contribution in [0.4, 0.5) is 0 Å². The number of aliphatic imine (C=N–C) groups is 1. The quantitative estimate of drug-likeness (QED) is 0.319. The lowest BCUT2D eigenvalue weighted by molar-refractivity contribution is -0.00000119. The van der Waals surface area contributed by atoms with Crippen molar-refractivity contribution in [2.24, 2.45) is 4.99 Å². The van der Waals surface area contributed by atoms with Crippen molar-refractivity contribution in [2.75, 3.05) is 0 Å². The molecule has 1 aliphatic rings. The molecule has 0 amide bonds. The maximum atomic E-state index is 3.66. The van der Waals surface area contributed by atoms with Gasteiger partial charge in [0.15, 0.2) is 6.20 Å². The average molecular weight is 205 g/mol. The smallest absolute Gasteiger partial charge is 0.156 e. The highest BCUT2D eigenvalue weighted by Gasteiger charge is 1.79. The molecule has 1 aliphatic heterocycles. The Morgan fingerprint density at radius 1 is 1.29 bits per heavy atom. The average Bonchev–Trinajstić information content (AvgIpc) is 1.72. The Hall–Kier alpha value is -0.210. The first kappa shape index (κ1) is 6.79. The molecule has 0 aromatic heterocycles. The highest BCUT2D eigenvalue weighted by Crippen LogP contribution is 1.80. The highest BCUT2D eigenvalue weighted by molar-refractivity contribution is 5.72. The fraction of sp³-hybridized carbons (Fsp3) is 0. The van der Waals surface area contributed by atoms with E-state index in [1.54, 1.807) is 12.3 Å². The molecule has 0 radical (unpaired) electrons. The molecule has 0 aromatic rings. The summed E-state index contributed by atoms with van der Waals surface area (Å²) in [6.07, 6.45) is 9.84. The molecule has 1 heterocycles. The Labute approximate surface area is 59.9 Å². The first-order valence-corrected chi connectivity index (χ1v) is 1.77. The van der Waals surface area contributed by atoms with Crippen molar-refractivity contribution in [3.05, 3.63) is 24.4 Å². The Morgan fingerprint density at radius 2 is 2.14 bits per heavy atom. The van der Waals surface area contributed by atoms with E-state index in [4.69, 9.17) is 0 Å². The summed E-state index contributed by atoms with van der Waals surface area (Å²) in [6.45, 7) is 0. The molecule has 0 atom stereocenters. The standard InChI is InChI=1S/C5H4N.HI/c1-2-4-6-5-3-1;/h1-4H;1H/q+1;/p-1. The van der Waals surface area contributed by atoms with Crippen LogP contribution >= 0.6 is 0 Å². The first-order chi connectivity index (χ1) is 3.00. The Bertz CT molecular complexity index is 77.5. The normalized spacial score (nSPS) is 12.6. The lowest BCUT2D eigenvalue weighted by atomic mass is 10.4. The molecule has 1 nitrogen and oxygen atoms in total. The summed E-state index contributed by atoms with van der Waals surface area (Å²) in [4.78, 5) is 3.66. The molecule has 0 spiro atoms. The molecule has 7 heavy (non-hydrogen) atoms. The van der Waals surface area contributed by atoms with Gasteiger partial charge in [0, 0.05) is 0 Å². The molecule has 0 aliphatic carbocycles. The van der Waals surface area contributed by atoms with E-state index < -0.39 is 0 Å². The van der Waals surface area contributed by atoms with Crippen LogP contribution in [-0.2, 0) is 0 Å². The molecule has 0 N–H and O–H groups in total. The first-order valence-electron chi connectivity index (χ1n) is 1.77. The van der Waals surface area contributed by atoms with E-state index in [-0.39, 0.29) is 24.0 Å². The third kappa shape index (κ3) is 2.48. The number of hydrogen-bond acceptors (Lipinski definition) is 1. The minimum atomic E-state index is 0. The van der Waals surface area contributed by atoms with Crippen molar-refractivity contribution in [3.8, 4) is 0 Å². The second-order valence-corrected chi connectivity index (χ2v) is 0.959. The van der Waals surface area contributed by atoms with Gasteiger partial charge in [-0.05, 0) is 0 Å². The number of allylic oxidation sites excluding steroid dienone is 3. The van der Waals surface area contributed by atoms with Gasteiger partial charge in [0.25, 0.3) is 0 Å². The maximum absolute atomic E-state index is 3.66. The molecule has 0 saturated heterocycles. The van der Waals surface area contributed by atoms with Gasteiger partial charge in [-0.15, -0.1) is 0 Å². The van der Waals surface area contributed by atoms with Gasteiger partial charge in [-0.1, -0.05) is 4.99 Å². The lowest BCUT2D eigenvalue weighted by Gasteiger charge is -1.63. The summed E-state index contributed by atoms with van der Waals surface area (Å²) in [5, 5.41) is 0. The van der Waals surface area contributed by atoms with E-state index in [0.29, 0.717) is 0 Å². The van der Waals surface area contributed by atoms with Crippen LogP contribution in [0.5, 0.6) is 0 Å². The summed E-state index contributed by atoms with van der Waals surface area (Å²) < 4.78 is 0. The van der Waals surface area contributed by atoms with E-state index >= 15 is 0 Å². The summed E-state index contributed by atoms with van der Waals surface area (Å²) in [6, 6.07) is 0. The van der Waals surface area contributed by atoms with Gasteiger partial charge in [-0.3, -0.25) is 0 Å². The number of hydrogen-bond donors (Lipinski definition) is 0. The van der Waals surface area contributed by atoms with E-state index in [1.165, 1.54) is 0 Å². The predicted molar refractivity (Wildman–Crippen MR) is 25.4 cm³/mol. The fourth-order valence-corrected chi connectivity index (χ4v) is 0.277. The van der Waals surface area contributed by atoms with Gasteiger partial charge in [-0.25, -0.2) is 0 Å². The van der Waals surface area contributed by atoms with Crippen molar-refractivity contribution >= 4 is 6.21 Å². The Morgan fingerprint density at radius 3 is 2.29 bits per heavy atom. The van der Waals surface area contributed by atoms with Crippen LogP contribution in [-0.4, -0.2) is 6.21 Å². The van der Waals surface area contributed by atoms with E-state index in [9.17, 15) is 0 Å². The van der Waals surface area contributed by atoms with Gasteiger partial charge >= 0.3 is 0 Å². The summed E-state index contributed by atoms with van der Waals surface area (Å²) in [5.41, 5.74) is 0. The third-order valence-corrected chi connectivity index (χ3v) is 0.517. The second kappa shape index (κ2) is 3.96. The third-order valence-electron chi connectivity index (χ3n) is 0.517. The van der Waals surface area contributed by atoms with Crippen molar-refractivity contribution in [1.29, 1.82) is 0 Å². The van der Waals surface area contributed by atoms with Crippen LogP contribution < -0.4 is 24.0 Å². The maximum Gasteiger partial charge on any atom is 0.156 e. The topological polar surface area (TPSA) is 12.4 Å². The Kier molecular flexibility index (Phi) is 3.84. The molecule has 2 heteroatoms.